The molecule has 0 saturated heterocycles. The molecule has 1 heterocycles. The number of methoxy groups -OCH3 is 1. The topological polar surface area (TPSA) is 71.8 Å². The number of furan rings is 1. The molecule has 2 amide bonds. The minimum Gasteiger partial charge on any atom is -0.444 e. The van der Waals surface area contributed by atoms with Crippen LogP contribution in [-0.2, 0) is 17.9 Å². The molecule has 0 aliphatic carbocycles. The standard InChI is InChI=1S/C22H21BrN2O4/c1-25(22(27)19-11-12-20(23)29-19)18-10-6-5-9-17(18)21(26)24-13-15-7-3-4-8-16(15)14-28-2/h3-12H,13-14H2,1-2H3,(H,24,26). The van der Waals surface area contributed by atoms with Crippen molar-refractivity contribution in [1.82, 2.24) is 5.32 Å². The molecule has 0 bridgehead atoms. The Kier molecular flexibility index (Phi) is 6.85. The highest BCUT2D eigenvalue weighted by Crippen LogP contribution is 2.23. The van der Waals surface area contributed by atoms with Gasteiger partial charge in [0.2, 0.25) is 0 Å². The van der Waals surface area contributed by atoms with Gasteiger partial charge in [0.1, 0.15) is 0 Å². The number of hydrogen-bond donors (Lipinski definition) is 1. The van der Waals surface area contributed by atoms with Crippen LogP contribution in [-0.4, -0.2) is 26.0 Å². The number of hydrogen-bond acceptors (Lipinski definition) is 4. The van der Waals surface area contributed by atoms with E-state index in [4.69, 9.17) is 9.15 Å². The Morgan fingerprint density at radius 1 is 1.03 bits per heavy atom. The minimum absolute atomic E-state index is 0.183. The van der Waals surface area contributed by atoms with Crippen LogP contribution in [0.3, 0.4) is 0 Å². The van der Waals surface area contributed by atoms with Gasteiger partial charge in [-0.25, -0.2) is 0 Å². The molecule has 6 nitrogen and oxygen atoms in total. The Morgan fingerprint density at radius 2 is 1.72 bits per heavy atom. The van der Waals surface area contributed by atoms with Crippen LogP contribution in [0, 0.1) is 0 Å². The van der Waals surface area contributed by atoms with E-state index in [9.17, 15) is 9.59 Å². The van der Waals surface area contributed by atoms with Gasteiger partial charge in [-0.1, -0.05) is 36.4 Å². The Balaban J connectivity index is 1.78. The fraction of sp³-hybridized carbons (Fsp3) is 0.182. The fourth-order valence-electron chi connectivity index (χ4n) is 2.96. The lowest BCUT2D eigenvalue weighted by molar-refractivity contribution is 0.0950. The average molecular weight is 457 g/mol. The zero-order valence-corrected chi connectivity index (χ0v) is 17.7. The third-order valence-electron chi connectivity index (χ3n) is 4.46. The first kappa shape index (κ1) is 20.8. The number of nitrogens with zero attached hydrogens (tertiary/aromatic N) is 1. The lowest BCUT2D eigenvalue weighted by Crippen LogP contribution is -2.30. The Bertz CT molecular complexity index is 1020. The molecule has 1 aromatic heterocycles. The normalized spacial score (nSPS) is 10.6. The molecule has 29 heavy (non-hydrogen) atoms. The van der Waals surface area contributed by atoms with Crippen LogP contribution in [0.15, 0.2) is 69.8 Å². The first-order valence-electron chi connectivity index (χ1n) is 8.97. The molecule has 0 atom stereocenters. The highest BCUT2D eigenvalue weighted by Gasteiger charge is 2.21. The molecule has 0 saturated carbocycles. The number of carbonyl (C=O) groups excluding carboxylic acids is 2. The van der Waals surface area contributed by atoms with Crippen LogP contribution < -0.4 is 10.2 Å². The number of ether oxygens (including phenoxy) is 1. The lowest BCUT2D eigenvalue weighted by Gasteiger charge is -2.19. The molecule has 2 aromatic carbocycles. The summed E-state index contributed by atoms with van der Waals surface area (Å²) in [6, 6.07) is 18.0. The Morgan fingerprint density at radius 3 is 2.41 bits per heavy atom. The quantitative estimate of drug-likeness (QED) is 0.571. The maximum Gasteiger partial charge on any atom is 0.293 e. The van der Waals surface area contributed by atoms with Crippen LogP contribution in [0.1, 0.15) is 32.0 Å². The smallest absolute Gasteiger partial charge is 0.293 e. The van der Waals surface area contributed by atoms with Crippen LogP contribution in [0.2, 0.25) is 0 Å². The van der Waals surface area contributed by atoms with Crippen molar-refractivity contribution in [3.8, 4) is 0 Å². The van der Waals surface area contributed by atoms with Gasteiger partial charge in [-0.2, -0.15) is 0 Å². The number of benzene rings is 2. The molecular formula is C22H21BrN2O4. The van der Waals surface area contributed by atoms with E-state index < -0.39 is 0 Å². The van der Waals surface area contributed by atoms with Gasteiger partial charge >= 0.3 is 0 Å². The number of halogens is 1. The second kappa shape index (κ2) is 9.54. The zero-order valence-electron chi connectivity index (χ0n) is 16.1. The molecule has 7 heteroatoms. The SMILES string of the molecule is COCc1ccccc1CNC(=O)c1ccccc1N(C)C(=O)c1ccc(Br)o1. The molecular weight excluding hydrogens is 436 g/mol. The summed E-state index contributed by atoms with van der Waals surface area (Å²) in [5.74, 6) is -0.433. The largest absolute Gasteiger partial charge is 0.444 e. The van der Waals surface area contributed by atoms with Gasteiger partial charge in [-0.05, 0) is 51.3 Å². The van der Waals surface area contributed by atoms with Crippen molar-refractivity contribution in [2.24, 2.45) is 0 Å². The number of nitrogens with one attached hydrogen (secondary N) is 1. The first-order chi connectivity index (χ1) is 14.0. The molecule has 150 valence electrons. The molecule has 0 aliphatic rings. The van der Waals surface area contributed by atoms with Crippen LogP contribution in [0.4, 0.5) is 5.69 Å². The molecule has 0 spiro atoms. The van der Waals surface area contributed by atoms with E-state index in [-0.39, 0.29) is 17.6 Å². The molecule has 0 radical (unpaired) electrons. The summed E-state index contributed by atoms with van der Waals surface area (Å²) in [5.41, 5.74) is 2.88. The van der Waals surface area contributed by atoms with Gasteiger partial charge in [0.15, 0.2) is 10.4 Å². The van der Waals surface area contributed by atoms with E-state index >= 15 is 0 Å². The summed E-state index contributed by atoms with van der Waals surface area (Å²) in [4.78, 5) is 27.0. The van der Waals surface area contributed by atoms with Crippen LogP contribution in [0.5, 0.6) is 0 Å². The second-order valence-electron chi connectivity index (χ2n) is 6.37. The zero-order chi connectivity index (χ0) is 20.8. The van der Waals surface area contributed by atoms with Crippen molar-refractivity contribution in [2.75, 3.05) is 19.1 Å². The van der Waals surface area contributed by atoms with Crippen molar-refractivity contribution in [3.05, 3.63) is 87.8 Å². The number of anilines is 1. The van der Waals surface area contributed by atoms with Crippen molar-refractivity contribution >= 4 is 33.4 Å². The van der Waals surface area contributed by atoms with E-state index in [0.717, 1.165) is 11.1 Å². The third kappa shape index (κ3) is 4.93. The summed E-state index contributed by atoms with van der Waals surface area (Å²) in [5, 5.41) is 2.93. The van der Waals surface area contributed by atoms with Gasteiger partial charge in [0, 0.05) is 20.7 Å². The fourth-order valence-corrected chi connectivity index (χ4v) is 3.27. The van der Waals surface area contributed by atoms with Crippen molar-refractivity contribution < 1.29 is 18.7 Å². The van der Waals surface area contributed by atoms with Crippen LogP contribution in [0.25, 0.3) is 0 Å². The number of carbonyl (C=O) groups is 2. The number of amides is 2. The second-order valence-corrected chi connectivity index (χ2v) is 7.15. The highest BCUT2D eigenvalue weighted by molar-refractivity contribution is 9.10. The van der Waals surface area contributed by atoms with E-state index in [2.05, 4.69) is 21.2 Å². The summed E-state index contributed by atoms with van der Waals surface area (Å²) in [6.07, 6.45) is 0. The van der Waals surface area contributed by atoms with E-state index in [1.54, 1.807) is 50.6 Å². The van der Waals surface area contributed by atoms with Gasteiger partial charge in [0.05, 0.1) is 17.9 Å². The highest BCUT2D eigenvalue weighted by atomic mass is 79.9. The first-order valence-corrected chi connectivity index (χ1v) is 9.77. The third-order valence-corrected chi connectivity index (χ3v) is 4.88. The number of para-hydroxylation sites is 1. The van der Waals surface area contributed by atoms with E-state index in [1.807, 2.05) is 24.3 Å². The number of rotatable bonds is 7. The van der Waals surface area contributed by atoms with Gasteiger partial charge in [-0.3, -0.25) is 9.59 Å². The molecule has 0 unspecified atom stereocenters. The summed E-state index contributed by atoms with van der Waals surface area (Å²) in [7, 11) is 3.24. The predicted octanol–water partition coefficient (Wildman–Crippen LogP) is 4.40. The molecule has 3 rings (SSSR count). The Labute approximate surface area is 177 Å². The van der Waals surface area contributed by atoms with Gasteiger partial charge in [-0.15, -0.1) is 0 Å². The van der Waals surface area contributed by atoms with Gasteiger partial charge in [0.25, 0.3) is 11.8 Å². The summed E-state index contributed by atoms with van der Waals surface area (Å²) in [6.45, 7) is 0.827. The molecule has 1 N–H and O–H groups in total. The van der Waals surface area contributed by atoms with Crippen LogP contribution >= 0.6 is 15.9 Å². The van der Waals surface area contributed by atoms with E-state index in [0.29, 0.717) is 29.1 Å². The van der Waals surface area contributed by atoms with Gasteiger partial charge < -0.3 is 19.4 Å². The van der Waals surface area contributed by atoms with Crippen molar-refractivity contribution in [1.29, 1.82) is 0 Å². The summed E-state index contributed by atoms with van der Waals surface area (Å²) < 4.78 is 11.0. The van der Waals surface area contributed by atoms with E-state index in [1.165, 1.54) is 4.90 Å². The lowest BCUT2D eigenvalue weighted by atomic mass is 10.1. The average Bonchev–Trinajstić information content (AvgIpc) is 3.18. The van der Waals surface area contributed by atoms with Crippen molar-refractivity contribution in [2.45, 2.75) is 13.2 Å². The monoisotopic (exact) mass is 456 g/mol. The maximum absolute atomic E-state index is 12.9. The predicted molar refractivity (Wildman–Crippen MR) is 114 cm³/mol. The van der Waals surface area contributed by atoms with Crippen molar-refractivity contribution in [3.63, 3.8) is 0 Å². The minimum atomic E-state index is -0.346. The maximum atomic E-state index is 12.9. The summed E-state index contributed by atoms with van der Waals surface area (Å²) >= 11 is 3.19. The molecule has 0 fully saturated rings. The molecule has 0 aliphatic heterocycles. The Hall–Kier alpha value is -2.90. The molecule has 3 aromatic rings.